The first-order chi connectivity index (χ1) is 14.7. The van der Waals surface area contributed by atoms with Crippen molar-refractivity contribution in [1.29, 1.82) is 0 Å². The second kappa shape index (κ2) is 7.91. The Morgan fingerprint density at radius 2 is 1.97 bits per heavy atom. The highest BCUT2D eigenvalue weighted by atomic mass is 16.3. The van der Waals surface area contributed by atoms with E-state index in [1.807, 2.05) is 12.1 Å². The van der Waals surface area contributed by atoms with Crippen LogP contribution in [-0.2, 0) is 4.79 Å². The highest BCUT2D eigenvalue weighted by Crippen LogP contribution is 2.32. The Bertz CT molecular complexity index is 1010. The average Bonchev–Trinajstić information content (AvgIpc) is 3.32. The van der Waals surface area contributed by atoms with Gasteiger partial charge in [-0.15, -0.1) is 0 Å². The van der Waals surface area contributed by atoms with E-state index < -0.39 is 0 Å². The number of nitrogens with one attached hydrogen (secondary N) is 1. The second-order valence-corrected chi connectivity index (χ2v) is 7.87. The fourth-order valence-corrected chi connectivity index (χ4v) is 4.10. The first kappa shape index (κ1) is 18.8. The lowest BCUT2D eigenvalue weighted by atomic mass is 9.87. The van der Waals surface area contributed by atoms with Crippen LogP contribution in [0.15, 0.2) is 34.5 Å². The van der Waals surface area contributed by atoms with Crippen LogP contribution in [0.4, 0.5) is 11.6 Å². The molecule has 1 saturated carbocycles. The minimum atomic E-state index is -0.213. The molecule has 0 spiro atoms. The van der Waals surface area contributed by atoms with Crippen molar-refractivity contribution in [2.45, 2.75) is 31.8 Å². The molecule has 9 nitrogen and oxygen atoms in total. The number of aromatic nitrogens is 3. The maximum absolute atomic E-state index is 12.6. The van der Waals surface area contributed by atoms with Gasteiger partial charge in [0.1, 0.15) is 5.69 Å². The summed E-state index contributed by atoms with van der Waals surface area (Å²) in [6.07, 6.45) is 8.37. The van der Waals surface area contributed by atoms with Crippen LogP contribution >= 0.6 is 0 Å². The van der Waals surface area contributed by atoms with Gasteiger partial charge in [0.05, 0.1) is 31.1 Å². The molecule has 0 radical (unpaired) electrons. The molecule has 0 atom stereocenters. The summed E-state index contributed by atoms with van der Waals surface area (Å²) in [5.74, 6) is 2.17. The topological polar surface area (TPSA) is 116 Å². The summed E-state index contributed by atoms with van der Waals surface area (Å²) < 4.78 is 0. The molecule has 3 aliphatic rings. The Kier molecular flexibility index (Phi) is 4.96. The molecule has 154 valence electrons. The largest absolute Gasteiger partial charge is 0.393 e. The van der Waals surface area contributed by atoms with Gasteiger partial charge in [-0.25, -0.2) is 15.0 Å². The number of hydrogen-bond acceptors (Lipinski definition) is 8. The van der Waals surface area contributed by atoms with Crippen molar-refractivity contribution in [3.05, 3.63) is 30.2 Å². The number of carbonyl (C=O) groups excluding carboxylic acids is 1. The van der Waals surface area contributed by atoms with Crippen LogP contribution in [0, 0.1) is 5.92 Å². The molecule has 2 N–H and O–H groups in total. The molecule has 0 aromatic carbocycles. The van der Waals surface area contributed by atoms with Crippen LogP contribution in [0.5, 0.6) is 0 Å². The number of nitrogens with zero attached hydrogens (tertiary/aromatic N) is 6. The minimum Gasteiger partial charge on any atom is -0.393 e. The average molecular weight is 405 g/mol. The zero-order valence-electron chi connectivity index (χ0n) is 16.5. The van der Waals surface area contributed by atoms with Gasteiger partial charge in [-0.1, -0.05) is 0 Å². The van der Waals surface area contributed by atoms with Gasteiger partial charge in [-0.05, 0) is 43.7 Å². The summed E-state index contributed by atoms with van der Waals surface area (Å²) in [5, 5.41) is 12.8. The van der Waals surface area contributed by atoms with Crippen molar-refractivity contribution >= 4 is 29.6 Å². The number of rotatable bonds is 4. The van der Waals surface area contributed by atoms with Gasteiger partial charge in [-0.3, -0.25) is 19.7 Å². The highest BCUT2D eigenvalue weighted by Gasteiger charge is 2.30. The van der Waals surface area contributed by atoms with Crippen LogP contribution in [0.1, 0.15) is 31.4 Å². The van der Waals surface area contributed by atoms with Crippen LogP contribution in [0.2, 0.25) is 0 Å². The van der Waals surface area contributed by atoms with Gasteiger partial charge >= 0.3 is 0 Å². The summed E-state index contributed by atoms with van der Waals surface area (Å²) in [6, 6.07) is 3.78. The van der Waals surface area contributed by atoms with E-state index in [0.717, 1.165) is 36.9 Å². The number of aliphatic hydroxyl groups excluding tert-OH is 1. The molecule has 1 amide bonds. The van der Waals surface area contributed by atoms with Crippen molar-refractivity contribution in [3.63, 3.8) is 0 Å². The monoisotopic (exact) mass is 405 g/mol. The van der Waals surface area contributed by atoms with E-state index in [-0.39, 0.29) is 18.6 Å². The van der Waals surface area contributed by atoms with Gasteiger partial charge < -0.3 is 10.4 Å². The molecule has 0 unspecified atom stereocenters. The van der Waals surface area contributed by atoms with E-state index in [4.69, 9.17) is 4.98 Å². The molecule has 2 aliphatic heterocycles. The molecule has 30 heavy (non-hydrogen) atoms. The number of hydrogen-bond donors (Lipinski definition) is 2. The Morgan fingerprint density at radius 3 is 2.70 bits per heavy atom. The fraction of sp³-hybridized carbons (Fsp3) is 0.429. The van der Waals surface area contributed by atoms with Gasteiger partial charge in [0, 0.05) is 24.5 Å². The van der Waals surface area contributed by atoms with Gasteiger partial charge in [0.15, 0.2) is 17.5 Å². The number of amides is 1. The van der Waals surface area contributed by atoms with Crippen LogP contribution in [0.3, 0.4) is 0 Å². The van der Waals surface area contributed by atoms with Crippen LogP contribution in [-0.4, -0.2) is 63.8 Å². The summed E-state index contributed by atoms with van der Waals surface area (Å²) in [7, 11) is 0. The van der Waals surface area contributed by atoms with Crippen LogP contribution < -0.4 is 10.2 Å². The third-order valence-electron chi connectivity index (χ3n) is 5.80. The normalized spacial score (nSPS) is 23.2. The molecule has 0 saturated heterocycles. The molecule has 5 rings (SSSR count). The highest BCUT2D eigenvalue weighted by molar-refractivity contribution is 6.05. The minimum absolute atomic E-state index is 0.00866. The lowest BCUT2D eigenvalue weighted by Crippen LogP contribution is -2.44. The molecular formula is C21H23N7O2. The van der Waals surface area contributed by atoms with E-state index >= 15 is 0 Å². The molecule has 2 aromatic rings. The molecule has 9 heteroatoms. The standard InChI is InChI=1S/C21H23N7O2/c29-15-4-1-13(2-5-15)12-28-18(30)11-26-20-21(28)27-17(10-25-20)14-3-6-16(24-9-14)19-22-7-8-23-19/h3,6-7,9-10,13,15,29H,1-2,4-5,8,11-12H2,(H,25,26). The van der Waals surface area contributed by atoms with Gasteiger partial charge in [0.2, 0.25) is 5.91 Å². The number of aliphatic imine (C=N–C) groups is 2. The zero-order chi connectivity index (χ0) is 20.5. The lowest BCUT2D eigenvalue weighted by Gasteiger charge is -2.33. The zero-order valence-corrected chi connectivity index (χ0v) is 16.5. The molecule has 1 fully saturated rings. The van der Waals surface area contributed by atoms with E-state index in [1.165, 1.54) is 0 Å². The first-order valence-corrected chi connectivity index (χ1v) is 10.3. The number of carbonyl (C=O) groups is 1. The van der Waals surface area contributed by atoms with Crippen molar-refractivity contribution in [2.75, 3.05) is 29.9 Å². The second-order valence-electron chi connectivity index (χ2n) is 7.87. The van der Waals surface area contributed by atoms with E-state index in [9.17, 15) is 9.90 Å². The number of pyridine rings is 1. The summed E-state index contributed by atoms with van der Waals surface area (Å²) in [4.78, 5) is 36.6. The summed E-state index contributed by atoms with van der Waals surface area (Å²) >= 11 is 0. The Balaban J connectivity index is 1.40. The fourth-order valence-electron chi connectivity index (χ4n) is 4.10. The Labute approximate surface area is 174 Å². The van der Waals surface area contributed by atoms with E-state index in [1.54, 1.807) is 23.5 Å². The van der Waals surface area contributed by atoms with Gasteiger partial charge in [-0.2, -0.15) is 0 Å². The summed E-state index contributed by atoms with van der Waals surface area (Å²) in [6.45, 7) is 1.41. The maximum atomic E-state index is 12.6. The van der Waals surface area contributed by atoms with Crippen molar-refractivity contribution in [2.24, 2.45) is 15.9 Å². The molecular weight excluding hydrogens is 382 g/mol. The van der Waals surface area contributed by atoms with Gasteiger partial charge in [0.25, 0.3) is 0 Å². The molecule has 0 bridgehead atoms. The van der Waals surface area contributed by atoms with Crippen molar-refractivity contribution < 1.29 is 9.90 Å². The molecule has 4 heterocycles. The predicted molar refractivity (Wildman–Crippen MR) is 114 cm³/mol. The quantitative estimate of drug-likeness (QED) is 0.800. The lowest BCUT2D eigenvalue weighted by molar-refractivity contribution is -0.117. The SMILES string of the molecule is O=C1CNc2ncc(-c3ccc(C4=NCC=N4)nc3)nc2N1CC1CCC(O)CC1. The maximum Gasteiger partial charge on any atom is 0.247 e. The Morgan fingerprint density at radius 1 is 1.10 bits per heavy atom. The van der Waals surface area contributed by atoms with Crippen molar-refractivity contribution in [1.82, 2.24) is 15.0 Å². The number of amidine groups is 1. The van der Waals surface area contributed by atoms with Crippen molar-refractivity contribution in [3.8, 4) is 11.3 Å². The number of aliphatic hydroxyl groups is 1. The predicted octanol–water partition coefficient (Wildman–Crippen LogP) is 1.68. The van der Waals surface area contributed by atoms with E-state index in [2.05, 4.69) is 25.3 Å². The third kappa shape index (κ3) is 3.68. The first-order valence-electron chi connectivity index (χ1n) is 10.3. The summed E-state index contributed by atoms with van der Waals surface area (Å²) in [5.41, 5.74) is 2.19. The number of anilines is 2. The number of fused-ring (bicyclic) bond motifs is 1. The van der Waals surface area contributed by atoms with Crippen LogP contribution in [0.25, 0.3) is 11.3 Å². The molecule has 1 aliphatic carbocycles. The third-order valence-corrected chi connectivity index (χ3v) is 5.80. The Hall–Kier alpha value is -3.20. The smallest absolute Gasteiger partial charge is 0.247 e. The van der Waals surface area contributed by atoms with E-state index in [0.29, 0.717) is 42.2 Å². The molecule has 2 aromatic heterocycles.